The van der Waals surface area contributed by atoms with Crippen molar-refractivity contribution in [3.63, 3.8) is 0 Å². The number of nitrogens with one attached hydrogen (secondary N) is 1. The maximum Gasteiger partial charge on any atom is 0.437 e. The van der Waals surface area contributed by atoms with Crippen LogP contribution in [0.25, 0.3) is 0 Å². The molecule has 0 spiro atoms. The van der Waals surface area contributed by atoms with Crippen molar-refractivity contribution in [2.75, 3.05) is 6.54 Å². The highest BCUT2D eigenvalue weighted by atomic mass is 35.6. The van der Waals surface area contributed by atoms with Gasteiger partial charge in [-0.2, -0.15) is 5.06 Å². The Morgan fingerprint density at radius 1 is 1.06 bits per heavy atom. The molecular formula is C23H24Cl3N3O5. The second kappa shape index (κ2) is 12.4. The van der Waals surface area contributed by atoms with Crippen LogP contribution >= 0.6 is 34.8 Å². The Hall–Kier alpha value is -2.36. The summed E-state index contributed by atoms with van der Waals surface area (Å²) in [7, 11) is 0. The zero-order valence-corrected chi connectivity index (χ0v) is 20.6. The van der Waals surface area contributed by atoms with Crippen molar-refractivity contribution < 1.29 is 24.0 Å². The number of oxime groups is 1. The average molecular weight is 529 g/mol. The van der Waals surface area contributed by atoms with Crippen LogP contribution in [0.3, 0.4) is 0 Å². The standard InChI is InChI=1S/C23H24Cl3N3O5/c1-16(18-10-6-3-7-11-18)28-34-21(30)20-13-12-19(14-27-20)29(22(31)33-23(24,25)26)32-15-17-8-4-2-5-9-17/h2-11,19-20,27H,12-15H2,1H3/b28-16+/t19-,20+/m1/s1. The second-order valence-corrected chi connectivity index (χ2v) is 9.72. The molecule has 0 aromatic heterocycles. The van der Waals surface area contributed by atoms with Crippen molar-refractivity contribution in [3.05, 3.63) is 71.8 Å². The topological polar surface area (TPSA) is 89.5 Å². The molecule has 0 unspecified atom stereocenters. The number of amides is 1. The smallest absolute Gasteiger partial charge is 0.396 e. The fourth-order valence-electron chi connectivity index (χ4n) is 3.32. The fourth-order valence-corrected chi connectivity index (χ4v) is 3.52. The van der Waals surface area contributed by atoms with Crippen LogP contribution < -0.4 is 5.32 Å². The maximum atomic E-state index is 12.6. The zero-order chi connectivity index (χ0) is 24.6. The van der Waals surface area contributed by atoms with E-state index in [0.29, 0.717) is 18.6 Å². The van der Waals surface area contributed by atoms with Gasteiger partial charge in [-0.3, -0.25) is 4.84 Å². The van der Waals surface area contributed by atoms with Gasteiger partial charge >= 0.3 is 16.0 Å². The molecule has 0 bridgehead atoms. The summed E-state index contributed by atoms with van der Waals surface area (Å²) in [5.74, 6) is -0.519. The molecule has 0 radical (unpaired) electrons. The Balaban J connectivity index is 1.58. The summed E-state index contributed by atoms with van der Waals surface area (Å²) in [4.78, 5) is 35.9. The highest BCUT2D eigenvalue weighted by molar-refractivity contribution is 6.66. The quantitative estimate of drug-likeness (QED) is 0.236. The Kier molecular flexibility index (Phi) is 9.55. The molecule has 2 aromatic carbocycles. The molecule has 0 aliphatic carbocycles. The largest absolute Gasteiger partial charge is 0.437 e. The Labute approximate surface area is 212 Å². The van der Waals surface area contributed by atoms with E-state index in [-0.39, 0.29) is 13.2 Å². The summed E-state index contributed by atoms with van der Waals surface area (Å²) in [6.45, 7) is 2.08. The molecule has 2 atom stereocenters. The highest BCUT2D eigenvalue weighted by Gasteiger charge is 2.37. The molecule has 1 heterocycles. The minimum absolute atomic E-state index is 0.102. The third kappa shape index (κ3) is 8.14. The number of hydrogen-bond acceptors (Lipinski definition) is 7. The number of hydrogen-bond donors (Lipinski definition) is 1. The van der Waals surface area contributed by atoms with Crippen molar-refractivity contribution in [1.29, 1.82) is 0 Å². The molecule has 182 valence electrons. The summed E-state index contributed by atoms with van der Waals surface area (Å²) < 4.78 is 2.60. The first kappa shape index (κ1) is 26.2. The van der Waals surface area contributed by atoms with Gasteiger partial charge in [0.2, 0.25) is 0 Å². The third-order valence-corrected chi connectivity index (χ3v) is 5.30. The van der Waals surface area contributed by atoms with Gasteiger partial charge in [-0.1, -0.05) is 65.8 Å². The van der Waals surface area contributed by atoms with E-state index in [0.717, 1.165) is 16.2 Å². The van der Waals surface area contributed by atoms with Gasteiger partial charge in [0.25, 0.3) is 0 Å². The number of rotatable bonds is 7. The molecule has 1 aliphatic heterocycles. The summed E-state index contributed by atoms with van der Waals surface area (Å²) >= 11 is 16.8. The van der Waals surface area contributed by atoms with Crippen molar-refractivity contribution in [2.45, 2.75) is 42.4 Å². The third-order valence-electron chi connectivity index (χ3n) is 5.06. The molecule has 1 aliphatic rings. The highest BCUT2D eigenvalue weighted by Crippen LogP contribution is 2.29. The minimum Gasteiger partial charge on any atom is -0.396 e. The number of ether oxygens (including phenoxy) is 1. The van der Waals surface area contributed by atoms with Crippen LogP contribution in [0.4, 0.5) is 4.79 Å². The van der Waals surface area contributed by atoms with Gasteiger partial charge in [0.1, 0.15) is 12.6 Å². The van der Waals surface area contributed by atoms with Gasteiger partial charge in [0.15, 0.2) is 0 Å². The van der Waals surface area contributed by atoms with Crippen molar-refractivity contribution in [2.24, 2.45) is 5.16 Å². The molecule has 1 fully saturated rings. The van der Waals surface area contributed by atoms with E-state index in [1.807, 2.05) is 60.7 Å². The normalized spacial score (nSPS) is 18.8. The number of halogens is 3. The average Bonchev–Trinajstić information content (AvgIpc) is 2.83. The lowest BCUT2D eigenvalue weighted by Gasteiger charge is -2.35. The number of nitrogens with zero attached hydrogens (tertiary/aromatic N) is 2. The van der Waals surface area contributed by atoms with Crippen molar-refractivity contribution in [3.8, 4) is 0 Å². The molecular weight excluding hydrogens is 505 g/mol. The first-order valence-corrected chi connectivity index (χ1v) is 11.7. The van der Waals surface area contributed by atoms with Gasteiger partial charge < -0.3 is 14.9 Å². The van der Waals surface area contributed by atoms with Crippen molar-refractivity contribution >= 4 is 52.6 Å². The van der Waals surface area contributed by atoms with Gasteiger partial charge in [-0.25, -0.2) is 9.59 Å². The predicted molar refractivity (Wildman–Crippen MR) is 129 cm³/mol. The van der Waals surface area contributed by atoms with Crippen LogP contribution in [-0.4, -0.2) is 45.4 Å². The SMILES string of the molecule is C/C(=N\OC(=O)[C@@H]1CC[C@@H](N(OCc2ccccc2)C(=O)OC(Cl)(Cl)Cl)CN1)c1ccccc1. The van der Waals surface area contributed by atoms with Crippen molar-refractivity contribution in [1.82, 2.24) is 10.4 Å². The van der Waals surface area contributed by atoms with Crippen LogP contribution in [0.1, 0.15) is 30.9 Å². The molecule has 0 saturated carbocycles. The van der Waals surface area contributed by atoms with Gasteiger partial charge in [-0.15, -0.1) is 0 Å². The Bertz CT molecular complexity index is 978. The van der Waals surface area contributed by atoms with E-state index in [4.69, 9.17) is 49.2 Å². The van der Waals surface area contributed by atoms with E-state index in [1.54, 1.807) is 6.92 Å². The maximum absolute atomic E-state index is 12.6. The number of piperidine rings is 1. The number of alkyl halides is 3. The molecule has 1 saturated heterocycles. The van der Waals surface area contributed by atoms with E-state index >= 15 is 0 Å². The first-order chi connectivity index (χ1) is 16.2. The van der Waals surface area contributed by atoms with Crippen LogP contribution in [-0.2, 0) is 25.8 Å². The van der Waals surface area contributed by atoms with E-state index in [9.17, 15) is 9.59 Å². The molecule has 2 aromatic rings. The number of carbonyl (C=O) groups excluding carboxylic acids is 2. The summed E-state index contributed by atoms with van der Waals surface area (Å²) in [6, 6.07) is 17.6. The summed E-state index contributed by atoms with van der Waals surface area (Å²) in [5.41, 5.74) is 2.27. The summed E-state index contributed by atoms with van der Waals surface area (Å²) in [6.07, 6.45) is -0.167. The van der Waals surface area contributed by atoms with Crippen LogP contribution in [0.2, 0.25) is 0 Å². The molecule has 1 N–H and O–H groups in total. The predicted octanol–water partition coefficient (Wildman–Crippen LogP) is 4.97. The number of carbonyl (C=O) groups is 2. The van der Waals surface area contributed by atoms with E-state index in [2.05, 4.69) is 10.5 Å². The number of benzene rings is 2. The van der Waals surface area contributed by atoms with Crippen LogP contribution in [0.15, 0.2) is 65.8 Å². The molecule has 1 amide bonds. The fraction of sp³-hybridized carbons (Fsp3) is 0.348. The molecule has 11 heteroatoms. The zero-order valence-electron chi connectivity index (χ0n) is 18.3. The van der Waals surface area contributed by atoms with Gasteiger partial charge in [0.05, 0.1) is 11.8 Å². The van der Waals surface area contributed by atoms with Gasteiger partial charge in [0, 0.05) is 6.54 Å². The Morgan fingerprint density at radius 2 is 1.71 bits per heavy atom. The lowest BCUT2D eigenvalue weighted by molar-refractivity contribution is -0.177. The summed E-state index contributed by atoms with van der Waals surface area (Å²) in [5, 5.41) is 8.01. The molecule has 8 nitrogen and oxygen atoms in total. The lowest BCUT2D eigenvalue weighted by Crippen LogP contribution is -2.54. The number of hydroxylamine groups is 2. The minimum atomic E-state index is -2.24. The van der Waals surface area contributed by atoms with E-state index in [1.165, 1.54) is 0 Å². The Morgan fingerprint density at radius 3 is 2.29 bits per heavy atom. The van der Waals surface area contributed by atoms with Gasteiger partial charge in [-0.05, 0) is 65.7 Å². The van der Waals surface area contributed by atoms with Crippen LogP contribution in [0, 0.1) is 0 Å². The molecule has 3 rings (SSSR count). The molecule has 34 heavy (non-hydrogen) atoms. The van der Waals surface area contributed by atoms with E-state index < -0.39 is 28.1 Å². The first-order valence-electron chi connectivity index (χ1n) is 10.5. The van der Waals surface area contributed by atoms with Crippen LogP contribution in [0.5, 0.6) is 0 Å². The second-order valence-electron chi connectivity index (χ2n) is 7.54. The lowest BCUT2D eigenvalue weighted by atomic mass is 10.0. The monoisotopic (exact) mass is 527 g/mol.